The van der Waals surface area contributed by atoms with Gasteiger partial charge in [-0.15, -0.1) is 0 Å². The highest BCUT2D eigenvalue weighted by molar-refractivity contribution is 9.10. The summed E-state index contributed by atoms with van der Waals surface area (Å²) in [6, 6.07) is 22.9. The molecule has 0 amide bonds. The van der Waals surface area contributed by atoms with Crippen LogP contribution < -0.4 is 5.56 Å². The van der Waals surface area contributed by atoms with Crippen LogP contribution in [0.2, 0.25) is 0 Å². The Labute approximate surface area is 223 Å². The molecule has 1 N–H and O–H groups in total. The Morgan fingerprint density at radius 2 is 1.76 bits per heavy atom. The van der Waals surface area contributed by atoms with E-state index in [0.717, 1.165) is 22.8 Å². The van der Waals surface area contributed by atoms with Gasteiger partial charge in [0.2, 0.25) is 0 Å². The van der Waals surface area contributed by atoms with Crippen LogP contribution in [0.3, 0.4) is 0 Å². The molecule has 0 unspecified atom stereocenters. The molecule has 0 radical (unpaired) electrons. The van der Waals surface area contributed by atoms with E-state index in [2.05, 4.69) is 79.7 Å². The fourth-order valence-corrected chi connectivity index (χ4v) is 5.72. The SMILES string of the molecule is Brc1ccc(Cc2cccc3ccc4c(c23)CCC2=C4C=CCC2)cn1.O=c1[nH]ncc2ccccc12. The number of allylic oxidation sites excluding steroid dienone is 4. The zero-order valence-corrected chi connectivity index (χ0v) is 22.0. The molecule has 0 saturated carbocycles. The summed E-state index contributed by atoms with van der Waals surface area (Å²) in [5.41, 5.74) is 8.65. The average molecular weight is 548 g/mol. The summed E-state index contributed by atoms with van der Waals surface area (Å²) < 4.78 is 0.889. The van der Waals surface area contributed by atoms with Gasteiger partial charge in [-0.2, -0.15) is 5.10 Å². The minimum absolute atomic E-state index is 0.136. The van der Waals surface area contributed by atoms with Gasteiger partial charge in [0, 0.05) is 17.0 Å². The quantitative estimate of drug-likeness (QED) is 0.232. The third-order valence-electron chi connectivity index (χ3n) is 7.24. The van der Waals surface area contributed by atoms with Crippen molar-refractivity contribution < 1.29 is 0 Å². The molecule has 0 spiro atoms. The van der Waals surface area contributed by atoms with Crippen molar-refractivity contribution >= 4 is 43.0 Å². The summed E-state index contributed by atoms with van der Waals surface area (Å²) in [5, 5.41) is 10.4. The summed E-state index contributed by atoms with van der Waals surface area (Å²) in [5.74, 6) is 0. The number of aromatic amines is 1. The van der Waals surface area contributed by atoms with E-state index < -0.39 is 0 Å². The molecule has 5 aromatic rings. The van der Waals surface area contributed by atoms with Crippen molar-refractivity contribution in [2.45, 2.75) is 32.1 Å². The van der Waals surface area contributed by atoms with Crippen molar-refractivity contribution in [3.05, 3.63) is 134 Å². The van der Waals surface area contributed by atoms with Gasteiger partial charge in [-0.05, 0) is 98.8 Å². The molecule has 7 rings (SSSR count). The number of nitrogens with one attached hydrogen (secondary N) is 1. The maximum atomic E-state index is 11.1. The molecule has 0 aliphatic heterocycles. The molecular weight excluding hydrogens is 522 g/mol. The molecule has 2 aliphatic carbocycles. The second-order valence-electron chi connectivity index (χ2n) is 9.52. The Hall–Kier alpha value is -3.83. The Morgan fingerprint density at radius 1 is 0.865 bits per heavy atom. The van der Waals surface area contributed by atoms with Gasteiger partial charge < -0.3 is 0 Å². The van der Waals surface area contributed by atoms with Crippen LogP contribution in [0.15, 0.2) is 106 Å². The number of rotatable bonds is 2. The number of pyridine rings is 1. The van der Waals surface area contributed by atoms with Crippen LogP contribution in [0.5, 0.6) is 0 Å². The Balaban J connectivity index is 0.000000191. The molecular formula is C32H26BrN3O. The third kappa shape index (κ3) is 4.79. The van der Waals surface area contributed by atoms with Gasteiger partial charge in [-0.25, -0.2) is 10.1 Å². The number of benzene rings is 3. The summed E-state index contributed by atoms with van der Waals surface area (Å²) in [6.07, 6.45) is 14.0. The lowest BCUT2D eigenvalue weighted by atomic mass is 9.78. The fraction of sp³-hybridized carbons (Fsp3) is 0.156. The van der Waals surface area contributed by atoms with Gasteiger partial charge in [0.05, 0.1) is 6.20 Å². The van der Waals surface area contributed by atoms with E-state index >= 15 is 0 Å². The first-order valence-corrected chi connectivity index (χ1v) is 13.4. The van der Waals surface area contributed by atoms with Crippen molar-refractivity contribution in [3.8, 4) is 0 Å². The predicted molar refractivity (Wildman–Crippen MR) is 155 cm³/mol. The largest absolute Gasteiger partial charge is 0.272 e. The van der Waals surface area contributed by atoms with Gasteiger partial charge in [0.25, 0.3) is 5.56 Å². The lowest BCUT2D eigenvalue weighted by molar-refractivity contribution is 0.830. The molecule has 0 fully saturated rings. The Bertz CT molecular complexity index is 1730. The van der Waals surface area contributed by atoms with Crippen LogP contribution >= 0.6 is 15.9 Å². The summed E-state index contributed by atoms with van der Waals surface area (Å²) in [4.78, 5) is 15.5. The van der Waals surface area contributed by atoms with Crippen molar-refractivity contribution in [2.75, 3.05) is 0 Å². The molecule has 4 nitrogen and oxygen atoms in total. The average Bonchev–Trinajstić information content (AvgIpc) is 2.95. The molecule has 0 saturated heterocycles. The van der Waals surface area contributed by atoms with E-state index in [9.17, 15) is 4.79 Å². The maximum Gasteiger partial charge on any atom is 0.272 e. The predicted octanol–water partition coefficient (Wildman–Crippen LogP) is 7.56. The molecule has 0 bridgehead atoms. The molecule has 2 aliphatic rings. The fourth-order valence-electron chi connectivity index (χ4n) is 5.49. The van der Waals surface area contributed by atoms with E-state index in [4.69, 9.17) is 0 Å². The van der Waals surface area contributed by atoms with E-state index in [1.165, 1.54) is 57.9 Å². The standard InChI is InChI=1S/C24H20BrN.C8H6N2O/c25-23-13-8-16(15-26-23)14-19-6-3-5-18-10-11-21-20-7-2-1-4-17(20)9-12-22(21)24(18)19;11-8-7-4-2-1-3-6(7)5-9-10-8/h2-3,5-8,10-11,13,15H,1,4,9,12,14H2;1-5H,(H,10,11). The number of aromatic nitrogens is 3. The van der Waals surface area contributed by atoms with Gasteiger partial charge in [-0.1, -0.05) is 72.3 Å². The van der Waals surface area contributed by atoms with Crippen molar-refractivity contribution in [3.63, 3.8) is 0 Å². The zero-order valence-electron chi connectivity index (χ0n) is 20.4. The minimum atomic E-state index is -0.136. The number of nitrogens with zero attached hydrogens (tertiary/aromatic N) is 2. The molecule has 0 atom stereocenters. The Morgan fingerprint density at radius 3 is 2.62 bits per heavy atom. The number of aryl methyl sites for hydroxylation is 1. The molecule has 182 valence electrons. The summed E-state index contributed by atoms with van der Waals surface area (Å²) in [6.45, 7) is 0. The van der Waals surface area contributed by atoms with Crippen LogP contribution in [0.25, 0.3) is 27.1 Å². The highest BCUT2D eigenvalue weighted by Crippen LogP contribution is 2.41. The van der Waals surface area contributed by atoms with Gasteiger partial charge in [-0.3, -0.25) is 4.79 Å². The van der Waals surface area contributed by atoms with Crippen LogP contribution in [0.4, 0.5) is 0 Å². The first-order valence-electron chi connectivity index (χ1n) is 12.6. The van der Waals surface area contributed by atoms with Crippen molar-refractivity contribution in [1.29, 1.82) is 0 Å². The molecule has 5 heteroatoms. The highest BCUT2D eigenvalue weighted by Gasteiger charge is 2.21. The number of fused-ring (bicyclic) bond motifs is 5. The van der Waals surface area contributed by atoms with Crippen LogP contribution in [0, 0.1) is 0 Å². The lowest BCUT2D eigenvalue weighted by Crippen LogP contribution is -2.08. The highest BCUT2D eigenvalue weighted by atomic mass is 79.9. The van der Waals surface area contributed by atoms with Gasteiger partial charge >= 0.3 is 0 Å². The summed E-state index contributed by atoms with van der Waals surface area (Å²) >= 11 is 3.43. The number of hydrogen-bond donors (Lipinski definition) is 1. The third-order valence-corrected chi connectivity index (χ3v) is 7.71. The second-order valence-corrected chi connectivity index (χ2v) is 10.3. The van der Waals surface area contributed by atoms with Crippen LogP contribution in [0.1, 0.15) is 41.5 Å². The van der Waals surface area contributed by atoms with Gasteiger partial charge in [0.15, 0.2) is 0 Å². The van der Waals surface area contributed by atoms with E-state index in [-0.39, 0.29) is 5.56 Å². The topological polar surface area (TPSA) is 58.6 Å². The first kappa shape index (κ1) is 23.6. The zero-order chi connectivity index (χ0) is 25.2. The second kappa shape index (κ2) is 10.3. The van der Waals surface area contributed by atoms with Gasteiger partial charge in [0.1, 0.15) is 4.60 Å². The first-order chi connectivity index (χ1) is 18.2. The number of hydrogen-bond acceptors (Lipinski definition) is 3. The maximum absolute atomic E-state index is 11.1. The van der Waals surface area contributed by atoms with Crippen molar-refractivity contribution in [1.82, 2.24) is 15.2 Å². The van der Waals surface area contributed by atoms with E-state index in [0.29, 0.717) is 5.39 Å². The Kier molecular flexibility index (Phi) is 6.54. The summed E-state index contributed by atoms with van der Waals surface area (Å²) in [7, 11) is 0. The normalized spacial score (nSPS) is 14.2. The molecule has 2 heterocycles. The van der Waals surface area contributed by atoms with Crippen LogP contribution in [-0.2, 0) is 12.8 Å². The molecule has 3 aromatic carbocycles. The monoisotopic (exact) mass is 547 g/mol. The van der Waals surface area contributed by atoms with E-state index in [1.807, 2.05) is 30.5 Å². The lowest BCUT2D eigenvalue weighted by Gasteiger charge is -2.26. The van der Waals surface area contributed by atoms with Crippen molar-refractivity contribution in [2.24, 2.45) is 0 Å². The minimum Gasteiger partial charge on any atom is -0.267 e. The number of H-pyrrole nitrogens is 1. The van der Waals surface area contributed by atoms with Crippen LogP contribution in [-0.4, -0.2) is 15.2 Å². The molecule has 37 heavy (non-hydrogen) atoms. The van der Waals surface area contributed by atoms with E-state index in [1.54, 1.807) is 17.8 Å². The smallest absolute Gasteiger partial charge is 0.267 e. The molecule has 2 aromatic heterocycles. The number of halogens is 1.